The Bertz CT molecular complexity index is 287. The molecule has 3 nitrogen and oxygen atoms in total. The van der Waals surface area contributed by atoms with E-state index in [-0.39, 0.29) is 0 Å². The van der Waals surface area contributed by atoms with Gasteiger partial charge in [-0.2, -0.15) is 0 Å². The van der Waals surface area contributed by atoms with Crippen molar-refractivity contribution in [1.82, 2.24) is 5.32 Å². The number of nitrogens with one attached hydrogen (secondary N) is 1. The van der Waals surface area contributed by atoms with Gasteiger partial charge in [0.25, 0.3) is 0 Å². The van der Waals surface area contributed by atoms with Gasteiger partial charge >= 0.3 is 0 Å². The van der Waals surface area contributed by atoms with E-state index in [1.165, 1.54) is 5.56 Å². The van der Waals surface area contributed by atoms with Crippen LogP contribution in [0.15, 0.2) is 18.2 Å². The van der Waals surface area contributed by atoms with Gasteiger partial charge in [-0.15, -0.1) is 0 Å². The summed E-state index contributed by atoms with van der Waals surface area (Å²) in [5.74, 6) is 0.916. The summed E-state index contributed by atoms with van der Waals surface area (Å²) in [6.07, 6.45) is 0. The van der Waals surface area contributed by atoms with E-state index in [4.69, 9.17) is 9.47 Å². The molecule has 1 rings (SSSR count). The maximum absolute atomic E-state index is 5.25. The second-order valence-electron chi connectivity index (χ2n) is 3.18. The van der Waals surface area contributed by atoms with Crippen LogP contribution in [0.4, 0.5) is 0 Å². The van der Waals surface area contributed by atoms with Crippen LogP contribution in [0.3, 0.4) is 0 Å². The van der Waals surface area contributed by atoms with Crippen LogP contribution in [0.2, 0.25) is 0 Å². The molecule has 0 saturated heterocycles. The van der Waals surface area contributed by atoms with Gasteiger partial charge in [0.05, 0.1) is 13.8 Å². The Morgan fingerprint density at radius 1 is 1.29 bits per heavy atom. The summed E-state index contributed by atoms with van der Waals surface area (Å²) in [6.45, 7) is 3.38. The van der Waals surface area contributed by atoms with E-state index in [0.717, 1.165) is 17.9 Å². The first-order valence-electron chi connectivity index (χ1n) is 4.61. The molecule has 3 heteroatoms. The normalized spacial score (nSPS) is 10.2. The Morgan fingerprint density at radius 3 is 2.71 bits per heavy atom. The highest BCUT2D eigenvalue weighted by Gasteiger charge is 2.01. The van der Waals surface area contributed by atoms with Crippen molar-refractivity contribution in [1.29, 1.82) is 0 Å². The average molecular weight is 195 g/mol. The van der Waals surface area contributed by atoms with Crippen LogP contribution in [0.5, 0.6) is 5.75 Å². The average Bonchev–Trinajstić information content (AvgIpc) is 2.19. The van der Waals surface area contributed by atoms with Crippen molar-refractivity contribution < 1.29 is 9.47 Å². The third kappa shape index (κ3) is 3.01. The minimum Gasteiger partial charge on any atom is -0.496 e. The highest BCUT2D eigenvalue weighted by Crippen LogP contribution is 2.18. The third-order valence-corrected chi connectivity index (χ3v) is 2.00. The molecule has 0 aliphatic heterocycles. The molecule has 0 amide bonds. The van der Waals surface area contributed by atoms with Crippen LogP contribution in [0, 0.1) is 6.92 Å². The van der Waals surface area contributed by atoms with Gasteiger partial charge in [0.1, 0.15) is 5.75 Å². The van der Waals surface area contributed by atoms with Crippen molar-refractivity contribution in [3.63, 3.8) is 0 Å². The van der Waals surface area contributed by atoms with Crippen LogP contribution in [-0.2, 0) is 11.3 Å². The number of ether oxygens (including phenoxy) is 2. The SMILES string of the molecule is COCNCc1cc(C)ccc1OC. The van der Waals surface area contributed by atoms with E-state index in [1.807, 2.05) is 12.1 Å². The molecule has 14 heavy (non-hydrogen) atoms. The molecule has 1 N–H and O–H groups in total. The standard InChI is InChI=1S/C11H17NO2/c1-9-4-5-11(14-3)10(6-9)7-12-8-13-2/h4-6,12H,7-8H2,1-3H3. The second-order valence-corrected chi connectivity index (χ2v) is 3.18. The highest BCUT2D eigenvalue weighted by molar-refractivity contribution is 5.36. The molecule has 0 aliphatic carbocycles. The van der Waals surface area contributed by atoms with Crippen molar-refractivity contribution in [2.24, 2.45) is 0 Å². The summed E-state index contributed by atoms with van der Waals surface area (Å²) in [5, 5.41) is 3.15. The molecule has 1 aromatic rings. The fourth-order valence-electron chi connectivity index (χ4n) is 1.33. The van der Waals surface area contributed by atoms with Gasteiger partial charge < -0.3 is 9.47 Å². The number of rotatable bonds is 5. The Balaban J connectivity index is 2.67. The first-order chi connectivity index (χ1) is 6.77. The molecular formula is C11H17NO2. The molecule has 0 spiro atoms. The molecule has 0 heterocycles. The van der Waals surface area contributed by atoms with Crippen LogP contribution >= 0.6 is 0 Å². The molecule has 0 aromatic heterocycles. The first kappa shape index (κ1) is 11.0. The Kier molecular flexibility index (Phi) is 4.43. The zero-order valence-corrected chi connectivity index (χ0v) is 8.96. The molecule has 0 saturated carbocycles. The van der Waals surface area contributed by atoms with Crippen molar-refractivity contribution in [3.8, 4) is 5.75 Å². The highest BCUT2D eigenvalue weighted by atomic mass is 16.5. The van der Waals surface area contributed by atoms with E-state index < -0.39 is 0 Å². The minimum absolute atomic E-state index is 0.553. The minimum atomic E-state index is 0.553. The van der Waals surface area contributed by atoms with Crippen LogP contribution in [-0.4, -0.2) is 21.0 Å². The monoisotopic (exact) mass is 195 g/mol. The van der Waals surface area contributed by atoms with Crippen molar-refractivity contribution >= 4 is 0 Å². The summed E-state index contributed by atoms with van der Waals surface area (Å²) >= 11 is 0. The molecule has 78 valence electrons. The van der Waals surface area contributed by atoms with Crippen molar-refractivity contribution in [2.45, 2.75) is 13.5 Å². The van der Waals surface area contributed by atoms with Crippen molar-refractivity contribution in [3.05, 3.63) is 29.3 Å². The Hall–Kier alpha value is -1.06. The summed E-state index contributed by atoms with van der Waals surface area (Å²) < 4.78 is 10.2. The van der Waals surface area contributed by atoms with Gasteiger partial charge in [0, 0.05) is 19.2 Å². The van der Waals surface area contributed by atoms with Crippen LogP contribution in [0.25, 0.3) is 0 Å². The van der Waals surface area contributed by atoms with Crippen molar-refractivity contribution in [2.75, 3.05) is 21.0 Å². The summed E-state index contributed by atoms with van der Waals surface area (Å²) in [6, 6.07) is 6.14. The van der Waals surface area contributed by atoms with Gasteiger partial charge in [-0.05, 0) is 13.0 Å². The maximum Gasteiger partial charge on any atom is 0.123 e. The van der Waals surface area contributed by atoms with Gasteiger partial charge in [-0.25, -0.2) is 0 Å². The maximum atomic E-state index is 5.25. The summed E-state index contributed by atoms with van der Waals surface area (Å²) in [5.41, 5.74) is 2.39. The molecule has 0 unspecified atom stereocenters. The van der Waals surface area contributed by atoms with Crippen LogP contribution < -0.4 is 10.1 Å². The predicted molar refractivity (Wildman–Crippen MR) is 56.4 cm³/mol. The lowest BCUT2D eigenvalue weighted by molar-refractivity contribution is 0.174. The molecule has 0 aliphatic rings. The second kappa shape index (κ2) is 5.62. The molecule has 0 atom stereocenters. The van der Waals surface area contributed by atoms with E-state index in [0.29, 0.717) is 6.73 Å². The fourth-order valence-corrected chi connectivity index (χ4v) is 1.33. The summed E-state index contributed by atoms with van der Waals surface area (Å²) in [4.78, 5) is 0. The Labute approximate surface area is 85.0 Å². The quantitative estimate of drug-likeness (QED) is 0.573. The van der Waals surface area contributed by atoms with Crippen LogP contribution in [0.1, 0.15) is 11.1 Å². The molecular weight excluding hydrogens is 178 g/mol. The molecule has 0 radical (unpaired) electrons. The lowest BCUT2D eigenvalue weighted by Crippen LogP contribution is -2.16. The molecule has 0 bridgehead atoms. The molecule has 0 fully saturated rings. The third-order valence-electron chi connectivity index (χ3n) is 2.00. The Morgan fingerprint density at radius 2 is 2.07 bits per heavy atom. The first-order valence-corrected chi connectivity index (χ1v) is 4.61. The van der Waals surface area contributed by atoms with Gasteiger partial charge in [-0.3, -0.25) is 5.32 Å². The number of aryl methyl sites for hydroxylation is 1. The van der Waals surface area contributed by atoms with E-state index in [2.05, 4.69) is 18.3 Å². The zero-order valence-electron chi connectivity index (χ0n) is 8.96. The zero-order chi connectivity index (χ0) is 10.4. The fraction of sp³-hybridized carbons (Fsp3) is 0.455. The van der Waals surface area contributed by atoms with E-state index in [1.54, 1.807) is 14.2 Å². The predicted octanol–water partition coefficient (Wildman–Crippen LogP) is 1.70. The smallest absolute Gasteiger partial charge is 0.123 e. The lowest BCUT2D eigenvalue weighted by atomic mass is 10.1. The number of hydrogen-bond acceptors (Lipinski definition) is 3. The number of benzene rings is 1. The van der Waals surface area contributed by atoms with E-state index >= 15 is 0 Å². The largest absolute Gasteiger partial charge is 0.496 e. The lowest BCUT2D eigenvalue weighted by Gasteiger charge is -2.09. The van der Waals surface area contributed by atoms with Gasteiger partial charge in [0.15, 0.2) is 0 Å². The molecule has 1 aromatic carbocycles. The van der Waals surface area contributed by atoms with Gasteiger partial charge in [0.2, 0.25) is 0 Å². The number of hydrogen-bond donors (Lipinski definition) is 1. The number of methoxy groups -OCH3 is 2. The summed E-state index contributed by atoms with van der Waals surface area (Å²) in [7, 11) is 3.35. The van der Waals surface area contributed by atoms with E-state index in [9.17, 15) is 0 Å². The van der Waals surface area contributed by atoms with Gasteiger partial charge in [-0.1, -0.05) is 17.7 Å². The topological polar surface area (TPSA) is 30.5 Å².